The van der Waals surface area contributed by atoms with Crippen LogP contribution in [0.1, 0.15) is 66.2 Å². The highest BCUT2D eigenvalue weighted by Gasteiger charge is 2.38. The average Bonchev–Trinajstić information content (AvgIpc) is 2.22. The Morgan fingerprint density at radius 3 is 2.31 bits per heavy atom. The van der Waals surface area contributed by atoms with Gasteiger partial charge in [0.1, 0.15) is 0 Å². The SMILES string of the molecule is CCCC1(CCC)CCNCC1CC(C)C. The molecule has 1 N–H and O–H groups in total. The predicted molar refractivity (Wildman–Crippen MR) is 72.7 cm³/mol. The van der Waals surface area contributed by atoms with Gasteiger partial charge in [-0.25, -0.2) is 0 Å². The lowest BCUT2D eigenvalue weighted by atomic mass is 9.63. The van der Waals surface area contributed by atoms with Gasteiger partial charge in [-0.1, -0.05) is 40.5 Å². The molecular weight excluding hydrogens is 194 g/mol. The van der Waals surface area contributed by atoms with Crippen LogP contribution in [0.2, 0.25) is 0 Å². The van der Waals surface area contributed by atoms with Crippen molar-refractivity contribution in [3.63, 3.8) is 0 Å². The molecule has 1 rings (SSSR count). The molecule has 0 aliphatic carbocycles. The van der Waals surface area contributed by atoms with Crippen molar-refractivity contribution in [2.24, 2.45) is 17.3 Å². The molecule has 1 saturated heterocycles. The first-order valence-corrected chi connectivity index (χ1v) is 7.35. The largest absolute Gasteiger partial charge is 0.316 e. The molecule has 0 radical (unpaired) electrons. The number of hydrogen-bond acceptors (Lipinski definition) is 1. The summed E-state index contributed by atoms with van der Waals surface area (Å²) in [6.07, 6.45) is 8.42. The van der Waals surface area contributed by atoms with Gasteiger partial charge in [-0.3, -0.25) is 0 Å². The van der Waals surface area contributed by atoms with Gasteiger partial charge in [-0.05, 0) is 56.0 Å². The summed E-state index contributed by atoms with van der Waals surface area (Å²) in [5.41, 5.74) is 0.666. The first kappa shape index (κ1) is 14.0. The van der Waals surface area contributed by atoms with E-state index in [2.05, 4.69) is 33.0 Å². The van der Waals surface area contributed by atoms with Crippen LogP contribution in [0.25, 0.3) is 0 Å². The third kappa shape index (κ3) is 3.48. The molecule has 1 heteroatoms. The lowest BCUT2D eigenvalue weighted by Crippen LogP contribution is -2.45. The molecule has 0 aromatic carbocycles. The molecule has 0 aromatic rings. The van der Waals surface area contributed by atoms with Gasteiger partial charge in [0.05, 0.1) is 0 Å². The van der Waals surface area contributed by atoms with Crippen molar-refractivity contribution < 1.29 is 0 Å². The van der Waals surface area contributed by atoms with Crippen molar-refractivity contribution in [2.75, 3.05) is 13.1 Å². The van der Waals surface area contributed by atoms with Crippen molar-refractivity contribution in [2.45, 2.75) is 66.2 Å². The number of hydrogen-bond donors (Lipinski definition) is 1. The Kier molecular flexibility index (Phi) is 5.82. The number of nitrogens with one attached hydrogen (secondary N) is 1. The molecule has 0 saturated carbocycles. The Labute approximate surface area is 102 Å². The fraction of sp³-hybridized carbons (Fsp3) is 1.00. The Balaban J connectivity index is 2.72. The van der Waals surface area contributed by atoms with Crippen LogP contribution in [0.5, 0.6) is 0 Å². The highest BCUT2D eigenvalue weighted by Crippen LogP contribution is 2.45. The summed E-state index contributed by atoms with van der Waals surface area (Å²) in [6, 6.07) is 0. The Hall–Kier alpha value is -0.0400. The molecule has 0 aromatic heterocycles. The van der Waals surface area contributed by atoms with Crippen LogP contribution >= 0.6 is 0 Å². The van der Waals surface area contributed by atoms with Crippen molar-refractivity contribution >= 4 is 0 Å². The zero-order chi connectivity index (χ0) is 12.0. The third-order valence-electron chi connectivity index (χ3n) is 4.31. The van der Waals surface area contributed by atoms with E-state index in [1.807, 2.05) is 0 Å². The molecule has 0 bridgehead atoms. The summed E-state index contributed by atoms with van der Waals surface area (Å²) in [6.45, 7) is 12.0. The smallest absolute Gasteiger partial charge is 0.00151 e. The Morgan fingerprint density at radius 2 is 1.81 bits per heavy atom. The van der Waals surface area contributed by atoms with Crippen LogP contribution in [0, 0.1) is 17.3 Å². The van der Waals surface area contributed by atoms with Crippen LogP contribution in [0.3, 0.4) is 0 Å². The molecule has 1 unspecified atom stereocenters. The molecule has 1 heterocycles. The van der Waals surface area contributed by atoms with Gasteiger partial charge >= 0.3 is 0 Å². The molecule has 1 atom stereocenters. The van der Waals surface area contributed by atoms with E-state index in [0.29, 0.717) is 5.41 Å². The molecule has 1 aliphatic heterocycles. The van der Waals surface area contributed by atoms with Gasteiger partial charge in [-0.2, -0.15) is 0 Å². The molecule has 1 aliphatic rings. The molecule has 96 valence electrons. The monoisotopic (exact) mass is 225 g/mol. The normalized spacial score (nSPS) is 24.9. The van der Waals surface area contributed by atoms with Crippen LogP contribution in [-0.4, -0.2) is 13.1 Å². The van der Waals surface area contributed by atoms with Crippen LogP contribution in [0.4, 0.5) is 0 Å². The Morgan fingerprint density at radius 1 is 1.19 bits per heavy atom. The molecule has 0 spiro atoms. The maximum atomic E-state index is 3.61. The minimum atomic E-state index is 0.666. The summed E-state index contributed by atoms with van der Waals surface area (Å²) in [5, 5.41) is 3.61. The fourth-order valence-corrected chi connectivity index (χ4v) is 3.72. The van der Waals surface area contributed by atoms with Crippen LogP contribution < -0.4 is 5.32 Å². The van der Waals surface area contributed by atoms with Gasteiger partial charge < -0.3 is 5.32 Å². The quantitative estimate of drug-likeness (QED) is 0.713. The van der Waals surface area contributed by atoms with Gasteiger partial charge in [0, 0.05) is 0 Å². The van der Waals surface area contributed by atoms with Crippen molar-refractivity contribution in [1.82, 2.24) is 5.32 Å². The standard InChI is InChI=1S/C15H31N/c1-5-7-15(8-6-2)9-10-16-12-14(15)11-13(3)4/h13-14,16H,5-12H2,1-4H3. The molecule has 16 heavy (non-hydrogen) atoms. The Bertz CT molecular complexity index is 174. The summed E-state index contributed by atoms with van der Waals surface area (Å²) < 4.78 is 0. The third-order valence-corrected chi connectivity index (χ3v) is 4.31. The van der Waals surface area contributed by atoms with Crippen LogP contribution in [-0.2, 0) is 0 Å². The van der Waals surface area contributed by atoms with E-state index in [1.54, 1.807) is 0 Å². The van der Waals surface area contributed by atoms with Gasteiger partial charge in [0.2, 0.25) is 0 Å². The fourth-order valence-electron chi connectivity index (χ4n) is 3.72. The highest BCUT2D eigenvalue weighted by atomic mass is 14.9. The summed E-state index contributed by atoms with van der Waals surface area (Å²) >= 11 is 0. The summed E-state index contributed by atoms with van der Waals surface area (Å²) in [4.78, 5) is 0. The zero-order valence-corrected chi connectivity index (χ0v) is 11.8. The topological polar surface area (TPSA) is 12.0 Å². The van der Waals surface area contributed by atoms with Crippen molar-refractivity contribution in [1.29, 1.82) is 0 Å². The summed E-state index contributed by atoms with van der Waals surface area (Å²) in [7, 11) is 0. The van der Waals surface area contributed by atoms with Gasteiger partial charge in [-0.15, -0.1) is 0 Å². The van der Waals surface area contributed by atoms with E-state index in [9.17, 15) is 0 Å². The van der Waals surface area contributed by atoms with Crippen LogP contribution in [0.15, 0.2) is 0 Å². The predicted octanol–water partition coefficient (Wildman–Crippen LogP) is 4.23. The first-order chi connectivity index (χ1) is 7.64. The molecule has 0 amide bonds. The number of piperidine rings is 1. The van der Waals surface area contributed by atoms with E-state index in [0.717, 1.165) is 11.8 Å². The van der Waals surface area contributed by atoms with Crippen molar-refractivity contribution in [3.8, 4) is 0 Å². The van der Waals surface area contributed by atoms with E-state index in [-0.39, 0.29) is 0 Å². The van der Waals surface area contributed by atoms with Gasteiger partial charge in [0.15, 0.2) is 0 Å². The van der Waals surface area contributed by atoms with E-state index < -0.39 is 0 Å². The zero-order valence-electron chi connectivity index (χ0n) is 11.8. The van der Waals surface area contributed by atoms with Crippen molar-refractivity contribution in [3.05, 3.63) is 0 Å². The van der Waals surface area contributed by atoms with Gasteiger partial charge in [0.25, 0.3) is 0 Å². The maximum Gasteiger partial charge on any atom is -0.00151 e. The highest BCUT2D eigenvalue weighted by molar-refractivity contribution is 4.91. The molecule has 1 fully saturated rings. The molecule has 1 nitrogen and oxygen atoms in total. The lowest BCUT2D eigenvalue weighted by molar-refractivity contribution is 0.0664. The second-order valence-corrected chi connectivity index (χ2v) is 6.14. The second-order valence-electron chi connectivity index (χ2n) is 6.14. The minimum absolute atomic E-state index is 0.666. The lowest BCUT2D eigenvalue weighted by Gasteiger charge is -2.46. The second kappa shape index (κ2) is 6.64. The van der Waals surface area contributed by atoms with E-state index >= 15 is 0 Å². The summed E-state index contributed by atoms with van der Waals surface area (Å²) in [5.74, 6) is 1.76. The minimum Gasteiger partial charge on any atom is -0.316 e. The number of rotatable bonds is 6. The van der Waals surface area contributed by atoms with E-state index in [1.165, 1.54) is 51.6 Å². The maximum absolute atomic E-state index is 3.61. The van der Waals surface area contributed by atoms with E-state index in [4.69, 9.17) is 0 Å². The average molecular weight is 225 g/mol. The molecular formula is C15H31N. The first-order valence-electron chi connectivity index (χ1n) is 7.35.